The summed E-state index contributed by atoms with van der Waals surface area (Å²) in [4.78, 5) is 5.11. The van der Waals surface area contributed by atoms with E-state index in [2.05, 4.69) is 4.98 Å². The normalized spacial score (nSPS) is 18.2. The van der Waals surface area contributed by atoms with Crippen LogP contribution in [0.5, 0.6) is 0 Å². The Bertz CT molecular complexity index is 801. The SMILES string of the molecule is N#Cc1cc(F)c(N2CCCC(c3nc(C(F)(F)F)cs3)C2)c(F)c1. The van der Waals surface area contributed by atoms with E-state index in [0.717, 1.165) is 28.8 Å². The second-order valence-electron chi connectivity index (χ2n) is 5.75. The smallest absolute Gasteiger partial charge is 0.366 e. The minimum atomic E-state index is -4.51. The van der Waals surface area contributed by atoms with Crippen LogP contribution in [0.1, 0.15) is 35.0 Å². The average Bonchev–Trinajstić information content (AvgIpc) is 3.04. The van der Waals surface area contributed by atoms with Crippen LogP contribution in [0, 0.1) is 23.0 Å². The van der Waals surface area contributed by atoms with Crippen LogP contribution in [0.3, 0.4) is 0 Å². The molecule has 1 saturated heterocycles. The van der Waals surface area contributed by atoms with Gasteiger partial charge in [-0.15, -0.1) is 11.3 Å². The maximum Gasteiger partial charge on any atom is 0.434 e. The van der Waals surface area contributed by atoms with Crippen molar-refractivity contribution in [3.05, 3.63) is 45.4 Å². The molecule has 1 aliphatic rings. The third-order valence-corrected chi connectivity index (χ3v) is 5.05. The Balaban J connectivity index is 1.85. The molecule has 9 heteroatoms. The van der Waals surface area contributed by atoms with Crippen LogP contribution in [0.25, 0.3) is 0 Å². The maximum absolute atomic E-state index is 14.2. The largest absolute Gasteiger partial charge is 0.434 e. The molecule has 1 atom stereocenters. The molecule has 132 valence electrons. The molecule has 0 N–H and O–H groups in total. The van der Waals surface area contributed by atoms with Crippen LogP contribution in [-0.2, 0) is 6.18 Å². The molecular weight excluding hydrogens is 361 g/mol. The predicted molar refractivity (Wildman–Crippen MR) is 82.4 cm³/mol. The van der Waals surface area contributed by atoms with Gasteiger partial charge in [-0.2, -0.15) is 18.4 Å². The van der Waals surface area contributed by atoms with Gasteiger partial charge in [0, 0.05) is 24.4 Å². The summed E-state index contributed by atoms with van der Waals surface area (Å²) < 4.78 is 66.4. The molecule has 1 unspecified atom stereocenters. The lowest BCUT2D eigenvalue weighted by molar-refractivity contribution is -0.140. The third-order valence-electron chi connectivity index (χ3n) is 4.05. The summed E-state index contributed by atoms with van der Waals surface area (Å²) in [5, 5.41) is 10.0. The van der Waals surface area contributed by atoms with E-state index < -0.39 is 23.5 Å². The van der Waals surface area contributed by atoms with E-state index in [1.165, 1.54) is 4.90 Å². The van der Waals surface area contributed by atoms with Crippen molar-refractivity contribution in [3.63, 3.8) is 0 Å². The fourth-order valence-electron chi connectivity index (χ4n) is 2.92. The first kappa shape index (κ1) is 17.6. The summed E-state index contributed by atoms with van der Waals surface area (Å²) in [6.45, 7) is 0.554. The summed E-state index contributed by atoms with van der Waals surface area (Å²) in [6, 6.07) is 3.58. The van der Waals surface area contributed by atoms with Gasteiger partial charge in [-0.05, 0) is 25.0 Å². The van der Waals surface area contributed by atoms with Crippen molar-refractivity contribution >= 4 is 17.0 Å². The number of anilines is 1. The van der Waals surface area contributed by atoms with Crippen LogP contribution < -0.4 is 4.90 Å². The van der Waals surface area contributed by atoms with Crippen LogP contribution in [0.2, 0.25) is 0 Å². The monoisotopic (exact) mass is 373 g/mol. The predicted octanol–water partition coefficient (Wildman–Crippen LogP) is 4.70. The molecule has 1 aromatic carbocycles. The maximum atomic E-state index is 14.2. The van der Waals surface area contributed by atoms with Crippen molar-refractivity contribution < 1.29 is 22.0 Å². The molecule has 1 fully saturated rings. The van der Waals surface area contributed by atoms with Gasteiger partial charge in [0.2, 0.25) is 0 Å². The van der Waals surface area contributed by atoms with Crippen molar-refractivity contribution in [2.24, 2.45) is 0 Å². The van der Waals surface area contributed by atoms with E-state index in [0.29, 0.717) is 24.4 Å². The topological polar surface area (TPSA) is 39.9 Å². The quantitative estimate of drug-likeness (QED) is 0.717. The van der Waals surface area contributed by atoms with Crippen molar-refractivity contribution in [2.45, 2.75) is 24.9 Å². The Hall–Kier alpha value is -2.21. The number of rotatable bonds is 2. The highest BCUT2D eigenvalue weighted by Crippen LogP contribution is 2.37. The number of thiazole rings is 1. The number of aromatic nitrogens is 1. The molecule has 0 amide bonds. The number of halogens is 5. The molecule has 3 rings (SSSR count). The highest BCUT2D eigenvalue weighted by molar-refractivity contribution is 7.09. The molecule has 0 bridgehead atoms. The summed E-state index contributed by atoms with van der Waals surface area (Å²) in [7, 11) is 0. The number of nitriles is 1. The molecule has 25 heavy (non-hydrogen) atoms. The summed E-state index contributed by atoms with van der Waals surface area (Å²) in [6.07, 6.45) is -3.33. The van der Waals surface area contributed by atoms with Gasteiger partial charge in [-0.3, -0.25) is 0 Å². The molecule has 0 aliphatic carbocycles. The highest BCUT2D eigenvalue weighted by atomic mass is 32.1. The molecule has 0 spiro atoms. The Kier molecular flexibility index (Phi) is 4.64. The molecule has 2 aromatic rings. The number of alkyl halides is 3. The Labute approximate surface area is 144 Å². The summed E-state index contributed by atoms with van der Waals surface area (Å²) in [5.41, 5.74) is -1.32. The van der Waals surface area contributed by atoms with Crippen molar-refractivity contribution in [2.75, 3.05) is 18.0 Å². The fraction of sp³-hybridized carbons (Fsp3) is 0.375. The number of hydrogen-bond donors (Lipinski definition) is 0. The van der Waals surface area contributed by atoms with Crippen LogP contribution in [-0.4, -0.2) is 18.1 Å². The fourth-order valence-corrected chi connectivity index (χ4v) is 3.87. The van der Waals surface area contributed by atoms with Crippen molar-refractivity contribution in [1.29, 1.82) is 5.26 Å². The lowest BCUT2D eigenvalue weighted by Gasteiger charge is -2.34. The molecule has 1 aliphatic heterocycles. The zero-order valence-corrected chi connectivity index (χ0v) is 13.6. The molecule has 1 aromatic heterocycles. The van der Waals surface area contributed by atoms with Gasteiger partial charge in [-0.25, -0.2) is 13.8 Å². The minimum absolute atomic E-state index is 0.123. The Morgan fingerprint density at radius 2 is 1.92 bits per heavy atom. The van der Waals surface area contributed by atoms with Gasteiger partial charge >= 0.3 is 6.18 Å². The van der Waals surface area contributed by atoms with Crippen LogP contribution >= 0.6 is 11.3 Å². The first-order chi connectivity index (χ1) is 11.8. The molecule has 3 nitrogen and oxygen atoms in total. The number of benzene rings is 1. The second-order valence-corrected chi connectivity index (χ2v) is 6.64. The van der Waals surface area contributed by atoms with Crippen LogP contribution in [0.15, 0.2) is 17.5 Å². The lowest BCUT2D eigenvalue weighted by atomic mass is 9.98. The first-order valence-electron chi connectivity index (χ1n) is 7.46. The zero-order valence-electron chi connectivity index (χ0n) is 12.8. The molecule has 2 heterocycles. The highest BCUT2D eigenvalue weighted by Gasteiger charge is 2.35. The zero-order chi connectivity index (χ0) is 18.2. The molecule has 0 saturated carbocycles. The number of nitrogens with zero attached hydrogens (tertiary/aromatic N) is 3. The third kappa shape index (κ3) is 3.58. The number of hydrogen-bond acceptors (Lipinski definition) is 4. The van der Waals surface area contributed by atoms with E-state index >= 15 is 0 Å². The molecular formula is C16H12F5N3S. The van der Waals surface area contributed by atoms with Gasteiger partial charge in [0.15, 0.2) is 17.3 Å². The Morgan fingerprint density at radius 3 is 2.48 bits per heavy atom. The van der Waals surface area contributed by atoms with E-state index in [9.17, 15) is 22.0 Å². The minimum Gasteiger partial charge on any atom is -0.366 e. The first-order valence-corrected chi connectivity index (χ1v) is 8.34. The van der Waals surface area contributed by atoms with E-state index in [1.54, 1.807) is 6.07 Å². The standard InChI is InChI=1S/C16H12F5N3S/c17-11-4-9(6-22)5-12(18)14(11)24-3-1-2-10(7-24)15-23-13(8-25-15)16(19,20)21/h4-5,8,10H,1-3,7H2. The second kappa shape index (κ2) is 6.59. The van der Waals surface area contributed by atoms with Gasteiger partial charge in [0.25, 0.3) is 0 Å². The molecule has 0 radical (unpaired) electrons. The van der Waals surface area contributed by atoms with Crippen molar-refractivity contribution in [1.82, 2.24) is 4.98 Å². The van der Waals surface area contributed by atoms with Gasteiger partial charge < -0.3 is 4.90 Å². The number of piperidine rings is 1. The van der Waals surface area contributed by atoms with E-state index in [4.69, 9.17) is 5.26 Å². The van der Waals surface area contributed by atoms with Gasteiger partial charge in [-0.1, -0.05) is 0 Å². The van der Waals surface area contributed by atoms with Crippen molar-refractivity contribution in [3.8, 4) is 6.07 Å². The summed E-state index contributed by atoms with van der Waals surface area (Å²) in [5.74, 6) is -2.04. The van der Waals surface area contributed by atoms with E-state index in [1.807, 2.05) is 0 Å². The summed E-state index contributed by atoms with van der Waals surface area (Å²) >= 11 is 0.906. The van der Waals surface area contributed by atoms with Gasteiger partial charge in [0.05, 0.1) is 16.6 Å². The van der Waals surface area contributed by atoms with E-state index in [-0.39, 0.29) is 23.7 Å². The van der Waals surface area contributed by atoms with Crippen LogP contribution in [0.4, 0.5) is 27.6 Å². The lowest BCUT2D eigenvalue weighted by Crippen LogP contribution is -2.35. The average molecular weight is 373 g/mol. The van der Waals surface area contributed by atoms with Gasteiger partial charge in [0.1, 0.15) is 5.69 Å². The Morgan fingerprint density at radius 1 is 1.24 bits per heavy atom.